The van der Waals surface area contributed by atoms with E-state index < -0.39 is 6.04 Å². The van der Waals surface area contributed by atoms with E-state index >= 15 is 0 Å². The number of nitrogens with zero attached hydrogens (tertiary/aromatic N) is 2. The van der Waals surface area contributed by atoms with E-state index in [9.17, 15) is 9.59 Å². The van der Waals surface area contributed by atoms with Crippen molar-refractivity contribution in [1.29, 1.82) is 0 Å². The Kier molecular flexibility index (Phi) is 4.31. The third-order valence-electron chi connectivity index (χ3n) is 3.26. The summed E-state index contributed by atoms with van der Waals surface area (Å²) in [5.74, 6) is -0.155. The first-order valence-electron chi connectivity index (χ1n) is 6.49. The molecule has 1 aliphatic rings. The maximum Gasteiger partial charge on any atom is 0.240 e. The zero-order valence-electron chi connectivity index (χ0n) is 11.2. The molecule has 19 heavy (non-hydrogen) atoms. The molecule has 1 fully saturated rings. The van der Waals surface area contributed by atoms with Crippen molar-refractivity contribution in [1.82, 2.24) is 9.88 Å². The number of thiazole rings is 1. The van der Waals surface area contributed by atoms with Gasteiger partial charge in [0.25, 0.3) is 0 Å². The van der Waals surface area contributed by atoms with Gasteiger partial charge in [0, 0.05) is 17.6 Å². The van der Waals surface area contributed by atoms with Crippen molar-refractivity contribution in [2.24, 2.45) is 11.7 Å². The normalized spacial score (nSPS) is 16.4. The van der Waals surface area contributed by atoms with Gasteiger partial charge >= 0.3 is 0 Å². The fourth-order valence-corrected chi connectivity index (χ4v) is 2.40. The van der Waals surface area contributed by atoms with Gasteiger partial charge in [-0.25, -0.2) is 4.98 Å². The second kappa shape index (κ2) is 5.79. The van der Waals surface area contributed by atoms with Gasteiger partial charge in [0.05, 0.1) is 12.6 Å². The molecular weight excluding hydrogens is 262 g/mol. The van der Waals surface area contributed by atoms with Crippen LogP contribution < -0.4 is 5.73 Å². The zero-order chi connectivity index (χ0) is 14.0. The van der Waals surface area contributed by atoms with E-state index in [-0.39, 0.29) is 30.2 Å². The summed E-state index contributed by atoms with van der Waals surface area (Å²) in [4.78, 5) is 30.0. The molecule has 104 valence electrons. The molecule has 1 unspecified atom stereocenters. The van der Waals surface area contributed by atoms with Crippen LogP contribution in [0.1, 0.15) is 36.5 Å². The van der Waals surface area contributed by atoms with Gasteiger partial charge in [-0.05, 0) is 18.8 Å². The largest absolute Gasteiger partial charge is 0.331 e. The predicted octanol–water partition coefficient (Wildman–Crippen LogP) is 1.30. The summed E-state index contributed by atoms with van der Waals surface area (Å²) in [6.45, 7) is 3.92. The Labute approximate surface area is 116 Å². The Balaban J connectivity index is 2.04. The smallest absolute Gasteiger partial charge is 0.240 e. The van der Waals surface area contributed by atoms with Crippen molar-refractivity contribution in [3.05, 3.63) is 16.6 Å². The second-order valence-corrected chi connectivity index (χ2v) is 6.12. The highest BCUT2D eigenvalue weighted by atomic mass is 32.1. The van der Waals surface area contributed by atoms with E-state index in [0.717, 1.165) is 12.8 Å². The molecule has 1 aromatic rings. The van der Waals surface area contributed by atoms with Crippen molar-refractivity contribution in [2.75, 3.05) is 6.54 Å². The summed E-state index contributed by atoms with van der Waals surface area (Å²) in [7, 11) is 0. The number of hydrogen-bond acceptors (Lipinski definition) is 5. The Morgan fingerprint density at radius 3 is 2.68 bits per heavy atom. The van der Waals surface area contributed by atoms with Gasteiger partial charge in [-0.1, -0.05) is 13.8 Å². The molecule has 0 aliphatic heterocycles. The number of hydrogen-bond donors (Lipinski definition) is 1. The molecule has 1 amide bonds. The SMILES string of the molecule is CC(C)C(N)C(=O)N(CC(=O)c1nccs1)C1CC1. The van der Waals surface area contributed by atoms with Crippen LogP contribution in [0.3, 0.4) is 0 Å². The third kappa shape index (κ3) is 3.39. The monoisotopic (exact) mass is 281 g/mol. The van der Waals surface area contributed by atoms with E-state index in [1.807, 2.05) is 13.8 Å². The maximum absolute atomic E-state index is 12.3. The van der Waals surface area contributed by atoms with E-state index in [2.05, 4.69) is 4.98 Å². The van der Waals surface area contributed by atoms with Crippen LogP contribution in [0.15, 0.2) is 11.6 Å². The van der Waals surface area contributed by atoms with E-state index in [1.165, 1.54) is 11.3 Å². The van der Waals surface area contributed by atoms with E-state index in [4.69, 9.17) is 5.73 Å². The van der Waals surface area contributed by atoms with Crippen LogP contribution in [0.25, 0.3) is 0 Å². The average molecular weight is 281 g/mol. The first-order chi connectivity index (χ1) is 9.00. The van der Waals surface area contributed by atoms with Crippen molar-refractivity contribution in [3.63, 3.8) is 0 Å². The van der Waals surface area contributed by atoms with Gasteiger partial charge in [0.15, 0.2) is 5.01 Å². The third-order valence-corrected chi connectivity index (χ3v) is 4.07. The second-order valence-electron chi connectivity index (χ2n) is 5.23. The zero-order valence-corrected chi connectivity index (χ0v) is 12.0. The lowest BCUT2D eigenvalue weighted by Gasteiger charge is -2.26. The minimum Gasteiger partial charge on any atom is -0.331 e. The Morgan fingerprint density at radius 2 is 2.21 bits per heavy atom. The highest BCUT2D eigenvalue weighted by Crippen LogP contribution is 2.28. The lowest BCUT2D eigenvalue weighted by Crippen LogP contribution is -2.49. The number of aromatic nitrogens is 1. The van der Waals surface area contributed by atoms with Crippen molar-refractivity contribution in [2.45, 2.75) is 38.8 Å². The van der Waals surface area contributed by atoms with Crippen LogP contribution in [0, 0.1) is 5.92 Å². The summed E-state index contributed by atoms with van der Waals surface area (Å²) >= 11 is 1.30. The fraction of sp³-hybridized carbons (Fsp3) is 0.615. The molecule has 6 heteroatoms. The number of carbonyl (C=O) groups is 2. The van der Waals surface area contributed by atoms with Crippen molar-refractivity contribution < 1.29 is 9.59 Å². The molecule has 1 saturated carbocycles. The van der Waals surface area contributed by atoms with Gasteiger partial charge in [-0.3, -0.25) is 9.59 Å². The summed E-state index contributed by atoms with van der Waals surface area (Å²) in [6, 6.07) is -0.356. The van der Waals surface area contributed by atoms with Crippen LogP contribution in [-0.2, 0) is 4.79 Å². The van der Waals surface area contributed by atoms with E-state index in [0.29, 0.717) is 5.01 Å². The Morgan fingerprint density at radius 1 is 1.53 bits per heavy atom. The van der Waals surface area contributed by atoms with Gasteiger partial charge in [-0.2, -0.15) is 0 Å². The molecule has 0 aromatic carbocycles. The van der Waals surface area contributed by atoms with Crippen molar-refractivity contribution in [3.8, 4) is 0 Å². The summed E-state index contributed by atoms with van der Waals surface area (Å²) in [6.07, 6.45) is 3.52. The molecule has 0 radical (unpaired) electrons. The lowest BCUT2D eigenvalue weighted by molar-refractivity contribution is -0.133. The lowest BCUT2D eigenvalue weighted by atomic mass is 10.0. The van der Waals surface area contributed by atoms with Crippen LogP contribution in [0.4, 0.5) is 0 Å². The van der Waals surface area contributed by atoms with Crippen LogP contribution in [0.5, 0.6) is 0 Å². The number of rotatable bonds is 6. The summed E-state index contributed by atoms with van der Waals surface area (Å²) in [5.41, 5.74) is 5.91. The minimum atomic E-state index is -0.537. The number of amides is 1. The quantitative estimate of drug-likeness (QED) is 0.797. The van der Waals surface area contributed by atoms with Gasteiger partial charge in [-0.15, -0.1) is 11.3 Å². The molecule has 0 saturated heterocycles. The molecule has 1 atom stereocenters. The molecule has 5 nitrogen and oxygen atoms in total. The topological polar surface area (TPSA) is 76.3 Å². The minimum absolute atomic E-state index is 0.0729. The van der Waals surface area contributed by atoms with Crippen LogP contribution >= 0.6 is 11.3 Å². The fourth-order valence-electron chi connectivity index (χ4n) is 1.83. The van der Waals surface area contributed by atoms with Gasteiger partial charge < -0.3 is 10.6 Å². The Hall–Kier alpha value is -1.27. The number of nitrogens with two attached hydrogens (primary N) is 1. The first-order valence-corrected chi connectivity index (χ1v) is 7.37. The molecule has 1 heterocycles. The first kappa shape index (κ1) is 14.1. The number of carbonyl (C=O) groups excluding carboxylic acids is 2. The predicted molar refractivity (Wildman–Crippen MR) is 74.0 cm³/mol. The van der Waals surface area contributed by atoms with Gasteiger partial charge in [0.2, 0.25) is 11.7 Å². The van der Waals surface area contributed by atoms with Crippen LogP contribution in [-0.4, -0.2) is 40.2 Å². The number of Topliss-reactive ketones (excluding diaryl/α,β-unsaturated/α-hetero) is 1. The summed E-state index contributed by atoms with van der Waals surface area (Å²) < 4.78 is 0. The number of ketones is 1. The van der Waals surface area contributed by atoms with Crippen molar-refractivity contribution >= 4 is 23.0 Å². The molecule has 1 aromatic heterocycles. The molecule has 1 aliphatic carbocycles. The standard InChI is InChI=1S/C13H19N3O2S/c1-8(2)11(14)13(18)16(9-3-4-9)7-10(17)12-15-5-6-19-12/h5-6,8-9,11H,3-4,7,14H2,1-2H3. The average Bonchev–Trinajstić information content (AvgIpc) is 3.07. The summed E-state index contributed by atoms with van der Waals surface area (Å²) in [5, 5.41) is 2.22. The molecule has 0 bridgehead atoms. The molecular formula is C13H19N3O2S. The molecule has 2 N–H and O–H groups in total. The molecule has 2 rings (SSSR count). The maximum atomic E-state index is 12.3. The highest BCUT2D eigenvalue weighted by Gasteiger charge is 2.36. The van der Waals surface area contributed by atoms with Crippen LogP contribution in [0.2, 0.25) is 0 Å². The van der Waals surface area contributed by atoms with E-state index in [1.54, 1.807) is 16.5 Å². The Bertz CT molecular complexity index is 454. The highest BCUT2D eigenvalue weighted by molar-refractivity contribution is 7.11. The molecule has 0 spiro atoms. The van der Waals surface area contributed by atoms with Gasteiger partial charge in [0.1, 0.15) is 0 Å².